The van der Waals surface area contributed by atoms with Crippen LogP contribution in [0.3, 0.4) is 0 Å². The van der Waals surface area contributed by atoms with E-state index < -0.39 is 0 Å². The van der Waals surface area contributed by atoms with E-state index in [1.807, 2.05) is 12.3 Å². The fraction of sp³-hybridized carbons (Fsp3) is 0.615. The quantitative estimate of drug-likeness (QED) is 0.460. The summed E-state index contributed by atoms with van der Waals surface area (Å²) in [5.74, 6) is 1.90. The van der Waals surface area contributed by atoms with Gasteiger partial charge in [0.05, 0.1) is 1.37 Å². The van der Waals surface area contributed by atoms with Crippen molar-refractivity contribution < 1.29 is 10.9 Å². The first-order chi connectivity index (χ1) is 14.3. The maximum atomic E-state index is 11.4. The summed E-state index contributed by atoms with van der Waals surface area (Å²) in [6.07, 6.45) is 16.3. The zero-order chi connectivity index (χ0) is 21.1. The highest BCUT2D eigenvalue weighted by Gasteiger charge is 2.56. The summed E-state index contributed by atoms with van der Waals surface area (Å²) in [7, 11) is 0. The van der Waals surface area contributed by atoms with Crippen LogP contribution in [0.4, 0.5) is 0 Å². The number of carbonyl (C=O) groups excluding carboxylic acids is 1. The Bertz CT molecular complexity index is 937. The van der Waals surface area contributed by atoms with Crippen LogP contribution in [-0.2, 0) is 9.53 Å². The van der Waals surface area contributed by atoms with Gasteiger partial charge in [-0.2, -0.15) is 0 Å². The minimum Gasteiger partial charge on any atom is -0.462 e. The highest BCUT2D eigenvalue weighted by atomic mass is 16.5. The molecule has 4 aliphatic rings. The fourth-order valence-corrected chi connectivity index (χ4v) is 7.42. The Kier molecular flexibility index (Phi) is 4.21. The Labute approximate surface area is 176 Å². The van der Waals surface area contributed by atoms with E-state index in [0.29, 0.717) is 23.8 Å². The molecular weight excluding hydrogens is 358 g/mol. The summed E-state index contributed by atoms with van der Waals surface area (Å²) >= 11 is 0. The van der Waals surface area contributed by atoms with Crippen molar-refractivity contribution in [1.82, 2.24) is 4.98 Å². The summed E-state index contributed by atoms with van der Waals surface area (Å²) < 4.78 is 14.0. The average Bonchev–Trinajstić information content (AvgIpc) is 3.05. The summed E-state index contributed by atoms with van der Waals surface area (Å²) in [5, 5.41) is 0. The predicted octanol–water partition coefficient (Wildman–Crippen LogP) is 5.97. The lowest BCUT2D eigenvalue weighted by molar-refractivity contribution is -0.148. The first-order valence-electron chi connectivity index (χ1n) is 11.8. The Morgan fingerprint density at radius 1 is 1.17 bits per heavy atom. The monoisotopic (exact) mass is 392 g/mol. The van der Waals surface area contributed by atoms with Crippen LogP contribution in [0.2, 0.25) is 0 Å². The van der Waals surface area contributed by atoms with Crippen molar-refractivity contribution in [2.24, 2.45) is 28.6 Å². The molecule has 0 bridgehead atoms. The van der Waals surface area contributed by atoms with E-state index in [-0.39, 0.29) is 22.9 Å². The smallest absolute Gasteiger partial charge is 0.302 e. The first kappa shape index (κ1) is 17.9. The summed E-state index contributed by atoms with van der Waals surface area (Å²) in [6, 6.07) is 2.42. The minimum absolute atomic E-state index is 0.0630. The molecular formula is C26H33NO2. The number of allylic oxidation sites excluding steroid dienone is 3. The molecule has 1 heterocycles. The lowest BCUT2D eigenvalue weighted by Gasteiger charge is -2.57. The number of fused-ring (bicyclic) bond motifs is 5. The molecule has 0 amide bonds. The maximum absolute atomic E-state index is 11.4. The van der Waals surface area contributed by atoms with Gasteiger partial charge in [-0.25, -0.2) is 0 Å². The molecule has 3 nitrogen and oxygen atoms in total. The molecule has 3 heteroatoms. The highest BCUT2D eigenvalue weighted by Crippen LogP contribution is 2.66. The van der Waals surface area contributed by atoms with Gasteiger partial charge in [-0.05, 0) is 84.3 Å². The summed E-state index contributed by atoms with van der Waals surface area (Å²) in [5.41, 5.74) is 4.33. The van der Waals surface area contributed by atoms with Crippen molar-refractivity contribution in [1.29, 1.82) is 0 Å². The first-order valence-corrected chi connectivity index (χ1v) is 11.3. The third-order valence-corrected chi connectivity index (χ3v) is 8.87. The van der Waals surface area contributed by atoms with E-state index in [9.17, 15) is 4.79 Å². The van der Waals surface area contributed by atoms with Crippen LogP contribution in [0.15, 0.2) is 42.2 Å². The number of ether oxygens (including phenoxy) is 1. The van der Waals surface area contributed by atoms with Gasteiger partial charge in [0.25, 0.3) is 0 Å². The molecule has 1 aromatic rings. The van der Waals surface area contributed by atoms with Gasteiger partial charge in [0.15, 0.2) is 0 Å². The Morgan fingerprint density at radius 2 is 2.00 bits per heavy atom. The van der Waals surface area contributed by atoms with Crippen molar-refractivity contribution in [2.75, 3.05) is 0 Å². The van der Waals surface area contributed by atoms with Crippen LogP contribution >= 0.6 is 0 Å². The van der Waals surface area contributed by atoms with Gasteiger partial charge in [-0.1, -0.05) is 37.6 Å². The predicted molar refractivity (Wildman–Crippen MR) is 115 cm³/mol. The van der Waals surface area contributed by atoms with Crippen LogP contribution in [0.1, 0.15) is 72.7 Å². The van der Waals surface area contributed by atoms with Crippen LogP contribution in [0.5, 0.6) is 0 Å². The molecule has 0 radical (unpaired) electrons. The lowest BCUT2D eigenvalue weighted by atomic mass is 9.47. The molecule has 0 saturated heterocycles. The third kappa shape index (κ3) is 2.92. The molecule has 154 valence electrons. The molecule has 2 saturated carbocycles. The van der Waals surface area contributed by atoms with Crippen LogP contribution in [0.25, 0.3) is 5.57 Å². The molecule has 1 aromatic heterocycles. The van der Waals surface area contributed by atoms with Crippen molar-refractivity contribution in [2.45, 2.75) is 71.8 Å². The van der Waals surface area contributed by atoms with Crippen molar-refractivity contribution in [3.63, 3.8) is 0 Å². The number of nitrogens with zero attached hydrogens (tertiary/aromatic N) is 1. The molecule has 3 unspecified atom stereocenters. The third-order valence-electron chi connectivity index (χ3n) is 8.87. The van der Waals surface area contributed by atoms with Crippen molar-refractivity contribution in [3.05, 3.63) is 47.8 Å². The second-order valence-corrected chi connectivity index (χ2v) is 10.2. The Balaban J connectivity index is 1.42. The molecule has 0 spiro atoms. The number of rotatable bonds is 2. The van der Waals surface area contributed by atoms with Crippen molar-refractivity contribution >= 4 is 11.5 Å². The molecule has 0 aliphatic heterocycles. The van der Waals surface area contributed by atoms with E-state index >= 15 is 0 Å². The second kappa shape index (κ2) is 6.82. The summed E-state index contributed by atoms with van der Waals surface area (Å²) in [4.78, 5) is 15.8. The SMILES string of the molecule is [2H]c1ccncc1C1=CCC2C3CC=C4C[C@@H](OC(C)=O)CC[C@]4(C)C3CC[C@]12C. The number of hydrogen-bond acceptors (Lipinski definition) is 3. The van der Waals surface area contributed by atoms with Gasteiger partial charge >= 0.3 is 5.97 Å². The molecule has 4 aliphatic carbocycles. The lowest BCUT2D eigenvalue weighted by Crippen LogP contribution is -2.50. The largest absolute Gasteiger partial charge is 0.462 e. The van der Waals surface area contributed by atoms with Gasteiger partial charge in [0, 0.05) is 25.7 Å². The van der Waals surface area contributed by atoms with Gasteiger partial charge in [-0.3, -0.25) is 9.78 Å². The van der Waals surface area contributed by atoms with Crippen LogP contribution < -0.4 is 0 Å². The molecule has 2 fully saturated rings. The van der Waals surface area contributed by atoms with Crippen LogP contribution in [-0.4, -0.2) is 17.1 Å². The fourth-order valence-electron chi connectivity index (χ4n) is 7.42. The van der Waals surface area contributed by atoms with Gasteiger partial charge in [0.1, 0.15) is 6.10 Å². The zero-order valence-corrected chi connectivity index (χ0v) is 17.9. The maximum Gasteiger partial charge on any atom is 0.302 e. The molecule has 0 aromatic carbocycles. The van der Waals surface area contributed by atoms with Gasteiger partial charge in [-0.15, -0.1) is 0 Å². The minimum atomic E-state index is -0.153. The van der Waals surface area contributed by atoms with Crippen molar-refractivity contribution in [3.8, 4) is 0 Å². The number of pyridine rings is 1. The molecule has 29 heavy (non-hydrogen) atoms. The number of esters is 1. The topological polar surface area (TPSA) is 39.2 Å². The van der Waals surface area contributed by atoms with E-state index in [0.717, 1.165) is 37.7 Å². The van der Waals surface area contributed by atoms with E-state index in [1.54, 1.807) is 6.20 Å². The Morgan fingerprint density at radius 3 is 2.79 bits per heavy atom. The number of hydrogen-bond donors (Lipinski definition) is 0. The average molecular weight is 393 g/mol. The highest BCUT2D eigenvalue weighted by molar-refractivity contribution is 5.72. The zero-order valence-electron chi connectivity index (χ0n) is 18.9. The van der Waals surface area contributed by atoms with Gasteiger partial charge < -0.3 is 4.74 Å². The Hall–Kier alpha value is -1.90. The number of carbonyl (C=O) groups is 1. The molecule has 6 atom stereocenters. The second-order valence-electron chi connectivity index (χ2n) is 10.2. The molecule has 5 rings (SSSR count). The number of aromatic nitrogens is 1. The van der Waals surface area contributed by atoms with E-state index in [1.165, 1.54) is 30.9 Å². The molecule has 0 N–H and O–H groups in total. The standard InChI is InChI=1S/C26H33NO2/c1-17(28)29-20-10-12-25(2)19(15-20)6-7-21-23-9-8-22(18-5-4-14-27-16-18)26(23,3)13-11-24(21)25/h4-6,8,14,16,20-21,23-24H,7,9-13,15H2,1-3H3/t20-,21?,23?,24?,25-,26+/m0/s1/i5D. The van der Waals surface area contributed by atoms with Crippen LogP contribution in [0, 0.1) is 28.6 Å². The van der Waals surface area contributed by atoms with E-state index in [2.05, 4.69) is 31.0 Å². The summed E-state index contributed by atoms with van der Waals surface area (Å²) in [6.45, 7) is 6.45. The van der Waals surface area contributed by atoms with E-state index in [4.69, 9.17) is 6.11 Å². The normalized spacial score (nSPS) is 41.3. The van der Waals surface area contributed by atoms with Gasteiger partial charge in [0.2, 0.25) is 0 Å².